The normalized spacial score (nSPS) is 10.7. The first-order chi connectivity index (χ1) is 6.09. The SMILES string of the molecule is O=C(Cl)C=Cc1cc(Br)ccc1F. The first-order valence-corrected chi connectivity index (χ1v) is 4.59. The summed E-state index contributed by atoms with van der Waals surface area (Å²) in [7, 11) is 0. The molecule has 1 rings (SSSR count). The molecule has 0 aliphatic rings. The smallest absolute Gasteiger partial charge is 0.245 e. The Morgan fingerprint density at radius 1 is 1.54 bits per heavy atom. The highest BCUT2D eigenvalue weighted by atomic mass is 79.9. The molecule has 0 bridgehead atoms. The molecule has 0 saturated carbocycles. The van der Waals surface area contributed by atoms with Crippen molar-refractivity contribution in [3.05, 3.63) is 40.1 Å². The summed E-state index contributed by atoms with van der Waals surface area (Å²) in [5.74, 6) is -0.391. The first-order valence-electron chi connectivity index (χ1n) is 3.42. The van der Waals surface area contributed by atoms with Gasteiger partial charge in [-0.2, -0.15) is 0 Å². The molecule has 0 fully saturated rings. The van der Waals surface area contributed by atoms with Gasteiger partial charge in [0.25, 0.3) is 0 Å². The summed E-state index contributed by atoms with van der Waals surface area (Å²) >= 11 is 8.24. The molecule has 68 valence electrons. The molecule has 13 heavy (non-hydrogen) atoms. The van der Waals surface area contributed by atoms with E-state index in [0.717, 1.165) is 10.5 Å². The third-order valence-electron chi connectivity index (χ3n) is 1.35. The van der Waals surface area contributed by atoms with Gasteiger partial charge in [0.15, 0.2) is 0 Å². The van der Waals surface area contributed by atoms with E-state index in [1.807, 2.05) is 0 Å². The first kappa shape index (κ1) is 10.4. The maximum atomic E-state index is 13.0. The third-order valence-corrected chi connectivity index (χ3v) is 1.97. The lowest BCUT2D eigenvalue weighted by atomic mass is 10.2. The number of halogens is 3. The Morgan fingerprint density at radius 3 is 2.85 bits per heavy atom. The number of hydrogen-bond acceptors (Lipinski definition) is 1. The Labute approximate surface area is 88.3 Å². The summed E-state index contributed by atoms with van der Waals surface area (Å²) in [6.45, 7) is 0. The number of rotatable bonds is 2. The second-order valence-corrected chi connectivity index (χ2v) is 3.59. The van der Waals surface area contributed by atoms with Crippen LogP contribution in [0.25, 0.3) is 6.08 Å². The molecule has 0 radical (unpaired) electrons. The molecule has 0 aliphatic heterocycles. The van der Waals surface area contributed by atoms with Crippen molar-refractivity contribution >= 4 is 38.8 Å². The zero-order chi connectivity index (χ0) is 9.84. The summed E-state index contributed by atoms with van der Waals surface area (Å²) in [6, 6.07) is 4.45. The van der Waals surface area contributed by atoms with Gasteiger partial charge in [-0.15, -0.1) is 0 Å². The Kier molecular flexibility index (Phi) is 3.63. The van der Waals surface area contributed by atoms with Gasteiger partial charge >= 0.3 is 0 Å². The van der Waals surface area contributed by atoms with E-state index >= 15 is 0 Å². The summed E-state index contributed by atoms with van der Waals surface area (Å²) in [4.78, 5) is 10.4. The lowest BCUT2D eigenvalue weighted by molar-refractivity contribution is -0.107. The van der Waals surface area contributed by atoms with Gasteiger partial charge in [0.2, 0.25) is 5.24 Å². The molecular weight excluding hydrogens is 258 g/mol. The number of benzene rings is 1. The van der Waals surface area contributed by atoms with Crippen LogP contribution in [0.5, 0.6) is 0 Å². The number of allylic oxidation sites excluding steroid dienone is 1. The Morgan fingerprint density at radius 2 is 2.23 bits per heavy atom. The van der Waals surface area contributed by atoms with Crippen molar-refractivity contribution in [2.45, 2.75) is 0 Å². The van der Waals surface area contributed by atoms with Crippen LogP contribution in [0.4, 0.5) is 4.39 Å². The molecule has 0 heterocycles. The number of carbonyl (C=O) groups is 1. The van der Waals surface area contributed by atoms with Gasteiger partial charge in [-0.3, -0.25) is 4.79 Å². The van der Waals surface area contributed by atoms with Gasteiger partial charge in [0, 0.05) is 10.0 Å². The average Bonchev–Trinajstić information content (AvgIpc) is 2.06. The van der Waals surface area contributed by atoms with Crippen LogP contribution in [0, 0.1) is 5.82 Å². The molecule has 0 unspecified atom stereocenters. The van der Waals surface area contributed by atoms with Crippen LogP contribution in [0.1, 0.15) is 5.56 Å². The van der Waals surface area contributed by atoms with E-state index in [1.165, 1.54) is 12.1 Å². The fourth-order valence-corrected chi connectivity index (χ4v) is 1.24. The molecule has 0 aliphatic carbocycles. The van der Waals surface area contributed by atoms with Crippen molar-refractivity contribution < 1.29 is 9.18 Å². The Bertz CT molecular complexity index is 363. The zero-order valence-electron chi connectivity index (χ0n) is 6.43. The van der Waals surface area contributed by atoms with Crippen LogP contribution >= 0.6 is 27.5 Å². The molecule has 0 spiro atoms. The molecule has 1 aromatic rings. The quantitative estimate of drug-likeness (QED) is 0.590. The van der Waals surface area contributed by atoms with Gasteiger partial charge in [0.05, 0.1) is 0 Å². The highest BCUT2D eigenvalue weighted by Gasteiger charge is 1.98. The van der Waals surface area contributed by atoms with E-state index in [4.69, 9.17) is 11.6 Å². The summed E-state index contributed by atoms with van der Waals surface area (Å²) < 4.78 is 13.7. The predicted octanol–water partition coefficient (Wildman–Crippen LogP) is 3.37. The molecular formula is C9H5BrClFO. The molecule has 0 amide bonds. The van der Waals surface area contributed by atoms with Crippen LogP contribution in [0.2, 0.25) is 0 Å². The highest BCUT2D eigenvalue weighted by Crippen LogP contribution is 2.16. The van der Waals surface area contributed by atoms with E-state index in [2.05, 4.69) is 15.9 Å². The lowest BCUT2D eigenvalue weighted by Gasteiger charge is -1.96. The standard InChI is InChI=1S/C9H5BrClFO/c10-7-2-3-8(12)6(5-7)1-4-9(11)13/h1-5H. The Hall–Kier alpha value is -0.670. The van der Waals surface area contributed by atoms with Crippen molar-refractivity contribution in [2.24, 2.45) is 0 Å². The van der Waals surface area contributed by atoms with Crippen molar-refractivity contribution in [3.8, 4) is 0 Å². The van der Waals surface area contributed by atoms with Crippen LogP contribution in [0.15, 0.2) is 28.7 Å². The second kappa shape index (κ2) is 4.53. The van der Waals surface area contributed by atoms with Crippen molar-refractivity contribution in [1.82, 2.24) is 0 Å². The monoisotopic (exact) mass is 262 g/mol. The predicted molar refractivity (Wildman–Crippen MR) is 54.0 cm³/mol. The number of carbonyl (C=O) groups excluding carboxylic acids is 1. The second-order valence-electron chi connectivity index (χ2n) is 2.30. The molecule has 1 nitrogen and oxygen atoms in total. The van der Waals surface area contributed by atoms with Crippen LogP contribution in [-0.2, 0) is 4.79 Å². The minimum absolute atomic E-state index is 0.323. The minimum atomic E-state index is -0.626. The van der Waals surface area contributed by atoms with E-state index < -0.39 is 11.1 Å². The summed E-state index contributed by atoms with van der Waals surface area (Å²) in [6.07, 6.45) is 2.43. The van der Waals surface area contributed by atoms with Gasteiger partial charge in [-0.05, 0) is 42.0 Å². The lowest BCUT2D eigenvalue weighted by Crippen LogP contribution is -1.82. The maximum Gasteiger partial charge on any atom is 0.245 e. The molecule has 0 atom stereocenters. The van der Waals surface area contributed by atoms with Crippen molar-refractivity contribution in [1.29, 1.82) is 0 Å². The van der Waals surface area contributed by atoms with E-state index in [-0.39, 0.29) is 0 Å². The summed E-state index contributed by atoms with van der Waals surface area (Å²) in [5, 5.41) is -0.626. The molecule has 0 N–H and O–H groups in total. The van der Waals surface area contributed by atoms with Crippen LogP contribution in [-0.4, -0.2) is 5.24 Å². The average molecular weight is 263 g/mol. The van der Waals surface area contributed by atoms with E-state index in [1.54, 1.807) is 12.1 Å². The van der Waals surface area contributed by atoms with E-state index in [0.29, 0.717) is 5.56 Å². The molecule has 1 aromatic carbocycles. The molecule has 4 heteroatoms. The third kappa shape index (κ3) is 3.28. The van der Waals surface area contributed by atoms with Crippen LogP contribution < -0.4 is 0 Å². The Balaban J connectivity index is 3.00. The number of hydrogen-bond donors (Lipinski definition) is 0. The fraction of sp³-hybridized carbons (Fsp3) is 0. The topological polar surface area (TPSA) is 17.1 Å². The van der Waals surface area contributed by atoms with Crippen molar-refractivity contribution in [2.75, 3.05) is 0 Å². The fourth-order valence-electron chi connectivity index (χ4n) is 0.798. The van der Waals surface area contributed by atoms with Crippen molar-refractivity contribution in [3.63, 3.8) is 0 Å². The largest absolute Gasteiger partial charge is 0.276 e. The van der Waals surface area contributed by atoms with Gasteiger partial charge in [-0.25, -0.2) is 4.39 Å². The van der Waals surface area contributed by atoms with Gasteiger partial charge in [-0.1, -0.05) is 15.9 Å². The van der Waals surface area contributed by atoms with Gasteiger partial charge in [0.1, 0.15) is 5.82 Å². The van der Waals surface area contributed by atoms with Crippen LogP contribution in [0.3, 0.4) is 0 Å². The molecule has 0 saturated heterocycles. The van der Waals surface area contributed by atoms with Gasteiger partial charge < -0.3 is 0 Å². The highest BCUT2D eigenvalue weighted by molar-refractivity contribution is 9.10. The van der Waals surface area contributed by atoms with E-state index in [9.17, 15) is 9.18 Å². The maximum absolute atomic E-state index is 13.0. The zero-order valence-corrected chi connectivity index (χ0v) is 8.77. The summed E-state index contributed by atoms with van der Waals surface area (Å²) in [5.41, 5.74) is 0.323. The molecule has 0 aromatic heterocycles. The minimum Gasteiger partial charge on any atom is -0.276 e.